The number of likely N-dealkylation sites (tertiary alicyclic amines) is 1. The molecule has 0 radical (unpaired) electrons. The molecule has 0 saturated carbocycles. The van der Waals surface area contributed by atoms with Crippen LogP contribution in [0.15, 0.2) is 0 Å². The van der Waals surface area contributed by atoms with Gasteiger partial charge in [0.25, 0.3) is 0 Å². The third kappa shape index (κ3) is 1.07. The molecule has 0 spiro atoms. The number of nitriles is 1. The third-order valence-corrected chi connectivity index (χ3v) is 1.73. The predicted octanol–water partition coefficient (Wildman–Crippen LogP) is 0.472. The molecule has 0 N–H and O–H groups in total. The highest BCUT2D eigenvalue weighted by atomic mass is 32.1. The van der Waals surface area contributed by atoms with Crippen LogP contribution in [0.5, 0.6) is 0 Å². The summed E-state index contributed by atoms with van der Waals surface area (Å²) in [5, 5.41) is 8.75. The second kappa shape index (κ2) is 2.27. The zero-order valence-electron chi connectivity index (χ0n) is 4.54. The highest BCUT2D eigenvalue weighted by Crippen LogP contribution is 2.11. The zero-order valence-corrected chi connectivity index (χ0v) is 5.43. The molecule has 0 amide bonds. The van der Waals surface area contributed by atoms with Gasteiger partial charge in [0.05, 0.1) is 0 Å². The van der Waals surface area contributed by atoms with Crippen molar-refractivity contribution in [1.82, 2.24) is 4.90 Å². The van der Waals surface area contributed by atoms with Crippen LogP contribution in [0, 0.1) is 11.5 Å². The molecule has 3 heteroatoms. The van der Waals surface area contributed by atoms with Crippen LogP contribution in [0.4, 0.5) is 0 Å². The molecule has 8 heavy (non-hydrogen) atoms. The molecular formula is C5H8N2S. The van der Waals surface area contributed by atoms with Crippen molar-refractivity contribution < 1.29 is 0 Å². The first-order chi connectivity index (χ1) is 3.83. The van der Waals surface area contributed by atoms with Crippen molar-refractivity contribution in [2.45, 2.75) is 11.7 Å². The first kappa shape index (κ1) is 5.77. The lowest BCUT2D eigenvalue weighted by Crippen LogP contribution is -2.13. The van der Waals surface area contributed by atoms with E-state index in [1.807, 2.05) is 0 Å². The maximum Gasteiger partial charge on any atom is 0.179 e. The maximum atomic E-state index is 8.33. The Morgan fingerprint density at radius 3 is 2.75 bits per heavy atom. The van der Waals surface area contributed by atoms with Gasteiger partial charge in [-0.05, 0) is 6.42 Å². The van der Waals surface area contributed by atoms with Crippen molar-refractivity contribution in [1.29, 1.82) is 5.26 Å². The molecule has 1 atom stereocenters. The highest BCUT2D eigenvalue weighted by molar-refractivity contribution is 7.81. The molecule has 1 aliphatic heterocycles. The van der Waals surface area contributed by atoms with Crippen LogP contribution in [0.25, 0.3) is 0 Å². The topological polar surface area (TPSA) is 27.0 Å². The van der Waals surface area contributed by atoms with Gasteiger partial charge in [0.2, 0.25) is 0 Å². The van der Waals surface area contributed by atoms with E-state index in [2.05, 4.69) is 18.8 Å². The van der Waals surface area contributed by atoms with E-state index in [1.54, 1.807) is 4.90 Å². The summed E-state index contributed by atoms with van der Waals surface area (Å²) >= 11 is 4.21. The summed E-state index contributed by atoms with van der Waals surface area (Å²) in [4.78, 5) is 1.73. The molecular weight excluding hydrogens is 120 g/mol. The monoisotopic (exact) mass is 128 g/mol. The van der Waals surface area contributed by atoms with Crippen LogP contribution < -0.4 is 0 Å². The van der Waals surface area contributed by atoms with Crippen LogP contribution in [-0.4, -0.2) is 23.2 Å². The number of rotatable bonds is 0. The predicted molar refractivity (Wildman–Crippen MR) is 34.6 cm³/mol. The van der Waals surface area contributed by atoms with Gasteiger partial charge in [-0.2, -0.15) is 17.9 Å². The van der Waals surface area contributed by atoms with E-state index >= 15 is 0 Å². The Morgan fingerprint density at radius 1 is 1.75 bits per heavy atom. The standard InChI is InChI=1S/C5H8N2S/c6-4-7-2-1-5(8)3-7/h5,8H,1-3H2. The first-order valence-corrected chi connectivity index (χ1v) is 3.17. The zero-order chi connectivity index (χ0) is 5.98. The SMILES string of the molecule is N#CN1CCC(S)C1. The summed E-state index contributed by atoms with van der Waals surface area (Å²) in [6, 6.07) is 0. The van der Waals surface area contributed by atoms with Crippen molar-refractivity contribution in [2.24, 2.45) is 0 Å². The van der Waals surface area contributed by atoms with E-state index in [4.69, 9.17) is 5.26 Å². The van der Waals surface area contributed by atoms with Crippen LogP contribution in [0.3, 0.4) is 0 Å². The van der Waals surface area contributed by atoms with Gasteiger partial charge in [0.1, 0.15) is 0 Å². The fraction of sp³-hybridized carbons (Fsp3) is 0.800. The quantitative estimate of drug-likeness (QED) is 0.379. The molecule has 1 saturated heterocycles. The van der Waals surface area contributed by atoms with E-state index in [1.165, 1.54) is 0 Å². The normalized spacial score (nSPS) is 28.0. The van der Waals surface area contributed by atoms with Gasteiger partial charge in [-0.25, -0.2) is 0 Å². The molecule has 2 nitrogen and oxygen atoms in total. The minimum Gasteiger partial charge on any atom is -0.309 e. The smallest absolute Gasteiger partial charge is 0.179 e. The second-order valence-corrected chi connectivity index (χ2v) is 2.72. The summed E-state index contributed by atoms with van der Waals surface area (Å²) in [5.74, 6) is 0. The van der Waals surface area contributed by atoms with Gasteiger partial charge in [-0.15, -0.1) is 0 Å². The Kier molecular flexibility index (Phi) is 1.64. The molecule has 1 aliphatic rings. The van der Waals surface area contributed by atoms with Gasteiger partial charge < -0.3 is 4.90 Å². The lowest BCUT2D eigenvalue weighted by Gasteiger charge is -2.02. The third-order valence-electron chi connectivity index (χ3n) is 1.30. The fourth-order valence-electron chi connectivity index (χ4n) is 0.833. The fourth-order valence-corrected chi connectivity index (χ4v) is 1.15. The second-order valence-electron chi connectivity index (χ2n) is 1.99. The molecule has 1 rings (SSSR count). The Hall–Kier alpha value is -0.360. The molecule has 0 aliphatic carbocycles. The molecule has 0 bridgehead atoms. The number of thiol groups is 1. The molecule has 0 aromatic rings. The van der Waals surface area contributed by atoms with Gasteiger partial charge in [0, 0.05) is 18.3 Å². The van der Waals surface area contributed by atoms with Crippen molar-refractivity contribution >= 4 is 12.6 Å². The number of nitrogens with zero attached hydrogens (tertiary/aromatic N) is 2. The van der Waals surface area contributed by atoms with Crippen molar-refractivity contribution in [3.05, 3.63) is 0 Å². The van der Waals surface area contributed by atoms with E-state index in [0.29, 0.717) is 5.25 Å². The van der Waals surface area contributed by atoms with Gasteiger partial charge in [-0.1, -0.05) is 0 Å². The van der Waals surface area contributed by atoms with Crippen LogP contribution in [0.2, 0.25) is 0 Å². The van der Waals surface area contributed by atoms with Crippen molar-refractivity contribution in [2.75, 3.05) is 13.1 Å². The summed E-state index contributed by atoms with van der Waals surface area (Å²) in [7, 11) is 0. The molecule has 1 unspecified atom stereocenters. The minimum atomic E-state index is 0.426. The average Bonchev–Trinajstić information content (AvgIpc) is 2.14. The molecule has 1 heterocycles. The van der Waals surface area contributed by atoms with Gasteiger partial charge >= 0.3 is 0 Å². The van der Waals surface area contributed by atoms with Gasteiger partial charge in [0.15, 0.2) is 6.19 Å². The van der Waals surface area contributed by atoms with E-state index in [9.17, 15) is 0 Å². The lowest BCUT2D eigenvalue weighted by atomic mass is 10.4. The van der Waals surface area contributed by atoms with Crippen molar-refractivity contribution in [3.63, 3.8) is 0 Å². The molecule has 44 valence electrons. The highest BCUT2D eigenvalue weighted by Gasteiger charge is 2.16. The summed E-state index contributed by atoms with van der Waals surface area (Å²) in [6.07, 6.45) is 3.13. The Balaban J connectivity index is 2.35. The minimum absolute atomic E-state index is 0.426. The van der Waals surface area contributed by atoms with Gasteiger partial charge in [-0.3, -0.25) is 0 Å². The Labute approximate surface area is 54.5 Å². The first-order valence-electron chi connectivity index (χ1n) is 2.65. The number of hydrogen-bond donors (Lipinski definition) is 1. The molecule has 1 fully saturated rings. The molecule has 0 aromatic carbocycles. The lowest BCUT2D eigenvalue weighted by molar-refractivity contribution is 0.488. The van der Waals surface area contributed by atoms with Crippen molar-refractivity contribution in [3.8, 4) is 6.19 Å². The largest absolute Gasteiger partial charge is 0.309 e. The Bertz CT molecular complexity index is 118. The van der Waals surface area contributed by atoms with E-state index in [-0.39, 0.29) is 0 Å². The summed E-state index contributed by atoms with van der Waals surface area (Å²) in [6.45, 7) is 1.73. The van der Waals surface area contributed by atoms with E-state index in [0.717, 1.165) is 19.5 Å². The average molecular weight is 128 g/mol. The van der Waals surface area contributed by atoms with Crippen LogP contribution in [-0.2, 0) is 0 Å². The maximum absolute atomic E-state index is 8.33. The van der Waals surface area contributed by atoms with Crippen LogP contribution in [0.1, 0.15) is 6.42 Å². The van der Waals surface area contributed by atoms with Crippen LogP contribution >= 0.6 is 12.6 Å². The molecule has 0 aromatic heterocycles. The summed E-state index contributed by atoms with van der Waals surface area (Å²) in [5.41, 5.74) is 0. The summed E-state index contributed by atoms with van der Waals surface area (Å²) < 4.78 is 0. The number of hydrogen-bond acceptors (Lipinski definition) is 3. The van der Waals surface area contributed by atoms with E-state index < -0.39 is 0 Å². The Morgan fingerprint density at radius 2 is 2.50 bits per heavy atom.